The van der Waals surface area contributed by atoms with Gasteiger partial charge >= 0.3 is 0 Å². The first-order valence-electron chi connectivity index (χ1n) is 9.32. The molecular formula is C20H35NO2Si. The zero-order chi connectivity index (χ0) is 18.0. The largest absolute Gasteiger partial charge is 0.372 e. The van der Waals surface area contributed by atoms with E-state index in [4.69, 9.17) is 4.74 Å². The monoisotopic (exact) mass is 349 g/mol. The molecule has 0 aromatic heterocycles. The van der Waals surface area contributed by atoms with Gasteiger partial charge in [0, 0.05) is 12.8 Å². The smallest absolute Gasteiger partial charge is 0.248 e. The molecule has 0 aliphatic heterocycles. The summed E-state index contributed by atoms with van der Waals surface area (Å²) in [4.78, 5) is 12.4. The molecule has 0 aliphatic rings. The molecular weight excluding hydrogens is 314 g/mol. The Morgan fingerprint density at radius 3 is 2.33 bits per heavy atom. The highest BCUT2D eigenvalue weighted by atomic mass is 28.3. The van der Waals surface area contributed by atoms with Crippen LogP contribution in [0.4, 0.5) is 0 Å². The third-order valence-electron chi connectivity index (χ3n) is 5.02. The minimum Gasteiger partial charge on any atom is -0.372 e. The number of methoxy groups -OCH3 is 1. The van der Waals surface area contributed by atoms with E-state index in [9.17, 15) is 4.79 Å². The number of rotatable bonds is 11. The van der Waals surface area contributed by atoms with Crippen LogP contribution in [0.2, 0.25) is 13.1 Å². The van der Waals surface area contributed by atoms with Gasteiger partial charge in [-0.15, -0.1) is 0 Å². The van der Waals surface area contributed by atoms with E-state index in [1.165, 1.54) is 37.3 Å². The van der Waals surface area contributed by atoms with Crippen molar-refractivity contribution in [2.24, 2.45) is 0 Å². The average Bonchev–Trinajstić information content (AvgIpc) is 2.60. The lowest BCUT2D eigenvalue weighted by Crippen LogP contribution is -2.61. The van der Waals surface area contributed by atoms with Crippen LogP contribution in [-0.2, 0) is 9.53 Å². The Morgan fingerprint density at radius 2 is 1.75 bits per heavy atom. The lowest BCUT2D eigenvalue weighted by molar-refractivity contribution is -0.130. The average molecular weight is 350 g/mol. The zero-order valence-electron chi connectivity index (χ0n) is 16.1. The van der Waals surface area contributed by atoms with Gasteiger partial charge in [-0.3, -0.25) is 4.79 Å². The van der Waals surface area contributed by atoms with Gasteiger partial charge < -0.3 is 10.1 Å². The minimum atomic E-state index is -1.79. The molecule has 0 saturated heterocycles. The van der Waals surface area contributed by atoms with E-state index in [0.717, 1.165) is 6.42 Å². The number of ether oxygens (including phenoxy) is 1. The molecule has 1 N–H and O–H groups in total. The summed E-state index contributed by atoms with van der Waals surface area (Å²) in [6.45, 7) is 8.76. The third kappa shape index (κ3) is 6.40. The van der Waals surface area contributed by atoms with Crippen molar-refractivity contribution >= 4 is 19.2 Å². The number of hydrogen-bond acceptors (Lipinski definition) is 2. The van der Waals surface area contributed by atoms with E-state index >= 15 is 0 Å². The molecule has 4 heteroatoms. The number of amides is 1. The summed E-state index contributed by atoms with van der Waals surface area (Å²) in [6, 6.07) is 10.7. The SMILES string of the molecule is CCCCCCCC(NC(=O)C(C)OC)[Si](C)(C)c1ccccc1. The van der Waals surface area contributed by atoms with Gasteiger partial charge in [-0.1, -0.05) is 87.6 Å². The molecule has 0 saturated carbocycles. The van der Waals surface area contributed by atoms with Crippen LogP contribution in [0.3, 0.4) is 0 Å². The van der Waals surface area contributed by atoms with E-state index < -0.39 is 14.2 Å². The van der Waals surface area contributed by atoms with Gasteiger partial charge in [-0.25, -0.2) is 0 Å². The molecule has 1 aromatic rings. The molecule has 2 atom stereocenters. The van der Waals surface area contributed by atoms with Crippen LogP contribution in [0.5, 0.6) is 0 Å². The second kappa shape index (κ2) is 10.7. The molecule has 1 rings (SSSR count). The van der Waals surface area contributed by atoms with Crippen molar-refractivity contribution in [3.8, 4) is 0 Å². The van der Waals surface area contributed by atoms with Crippen molar-refractivity contribution in [2.45, 2.75) is 77.2 Å². The fraction of sp³-hybridized carbons (Fsp3) is 0.650. The fourth-order valence-corrected chi connectivity index (χ4v) is 5.91. The second-order valence-corrected chi connectivity index (χ2v) is 11.9. The van der Waals surface area contributed by atoms with Crippen LogP contribution in [0, 0.1) is 0 Å². The van der Waals surface area contributed by atoms with Gasteiger partial charge in [0.25, 0.3) is 0 Å². The van der Waals surface area contributed by atoms with Gasteiger partial charge in [0.15, 0.2) is 0 Å². The van der Waals surface area contributed by atoms with Crippen LogP contribution in [-0.4, -0.2) is 32.9 Å². The van der Waals surface area contributed by atoms with Crippen molar-refractivity contribution in [3.63, 3.8) is 0 Å². The Hall–Kier alpha value is -1.13. The van der Waals surface area contributed by atoms with E-state index in [0.29, 0.717) is 0 Å². The van der Waals surface area contributed by atoms with E-state index in [2.05, 4.69) is 55.7 Å². The van der Waals surface area contributed by atoms with Crippen molar-refractivity contribution in [3.05, 3.63) is 30.3 Å². The molecule has 0 radical (unpaired) electrons. The standard InChI is InChI=1S/C20H35NO2Si/c1-6-7-8-9-13-16-19(21-20(22)17(2)23-3)24(4,5)18-14-11-10-12-15-18/h10-12,14-15,17,19H,6-9,13,16H2,1-5H3,(H,21,22). The van der Waals surface area contributed by atoms with Crippen molar-refractivity contribution < 1.29 is 9.53 Å². The fourth-order valence-electron chi connectivity index (χ4n) is 3.03. The molecule has 0 heterocycles. The maximum absolute atomic E-state index is 12.4. The Kier molecular flexibility index (Phi) is 9.30. The molecule has 24 heavy (non-hydrogen) atoms. The summed E-state index contributed by atoms with van der Waals surface area (Å²) in [5, 5.41) is 4.69. The molecule has 1 aromatic carbocycles. The number of unbranched alkanes of at least 4 members (excludes halogenated alkanes) is 4. The Morgan fingerprint density at radius 1 is 1.12 bits per heavy atom. The van der Waals surface area contributed by atoms with Crippen LogP contribution in [0.25, 0.3) is 0 Å². The number of carbonyl (C=O) groups is 1. The summed E-state index contributed by atoms with van der Waals surface area (Å²) < 4.78 is 5.19. The predicted molar refractivity (Wildman–Crippen MR) is 105 cm³/mol. The molecule has 136 valence electrons. The van der Waals surface area contributed by atoms with Gasteiger partial charge in [-0.2, -0.15) is 0 Å². The van der Waals surface area contributed by atoms with E-state index in [1.807, 2.05) is 6.92 Å². The molecule has 0 spiro atoms. The zero-order valence-corrected chi connectivity index (χ0v) is 17.1. The highest BCUT2D eigenvalue weighted by Gasteiger charge is 2.35. The summed E-state index contributed by atoms with van der Waals surface area (Å²) in [7, 11) is -0.199. The van der Waals surface area contributed by atoms with E-state index in [-0.39, 0.29) is 11.6 Å². The van der Waals surface area contributed by atoms with Crippen molar-refractivity contribution in [1.82, 2.24) is 5.32 Å². The van der Waals surface area contributed by atoms with Gasteiger partial charge in [0.05, 0.1) is 0 Å². The van der Waals surface area contributed by atoms with Crippen LogP contribution >= 0.6 is 0 Å². The lowest BCUT2D eigenvalue weighted by Gasteiger charge is -2.34. The topological polar surface area (TPSA) is 38.3 Å². The molecule has 0 fully saturated rings. The first-order chi connectivity index (χ1) is 11.4. The molecule has 3 nitrogen and oxygen atoms in total. The van der Waals surface area contributed by atoms with Crippen molar-refractivity contribution in [1.29, 1.82) is 0 Å². The minimum absolute atomic E-state index is 0.00700. The Bertz CT molecular complexity index is 476. The summed E-state index contributed by atoms with van der Waals surface area (Å²) in [5.41, 5.74) is 0.242. The van der Waals surface area contributed by atoms with Crippen LogP contribution in [0.15, 0.2) is 30.3 Å². The third-order valence-corrected chi connectivity index (χ3v) is 9.02. The van der Waals surface area contributed by atoms with Crippen LogP contribution < -0.4 is 10.5 Å². The molecule has 0 bridgehead atoms. The highest BCUT2D eigenvalue weighted by Crippen LogP contribution is 2.17. The normalized spacial score (nSPS) is 14.2. The van der Waals surface area contributed by atoms with Crippen molar-refractivity contribution in [2.75, 3.05) is 7.11 Å². The first kappa shape index (κ1) is 20.9. The van der Waals surface area contributed by atoms with Gasteiger partial charge in [0.2, 0.25) is 5.91 Å². The Labute approximate surface area is 149 Å². The Balaban J connectivity index is 2.81. The molecule has 0 aliphatic carbocycles. The van der Waals surface area contributed by atoms with Crippen LogP contribution in [0.1, 0.15) is 52.4 Å². The molecule has 1 amide bonds. The first-order valence-corrected chi connectivity index (χ1v) is 12.4. The number of nitrogens with one attached hydrogen (secondary N) is 1. The maximum atomic E-state index is 12.4. The summed E-state index contributed by atoms with van der Waals surface area (Å²) in [6.07, 6.45) is 6.94. The number of hydrogen-bond donors (Lipinski definition) is 1. The summed E-state index contributed by atoms with van der Waals surface area (Å²) in [5.74, 6) is 0.00700. The van der Waals surface area contributed by atoms with E-state index in [1.54, 1.807) is 7.11 Å². The van der Waals surface area contributed by atoms with Gasteiger partial charge in [0.1, 0.15) is 14.2 Å². The van der Waals surface area contributed by atoms with Gasteiger partial charge in [-0.05, 0) is 13.3 Å². The number of benzene rings is 1. The predicted octanol–water partition coefficient (Wildman–Crippen LogP) is 4.02. The highest BCUT2D eigenvalue weighted by molar-refractivity contribution is 6.91. The number of carbonyl (C=O) groups excluding carboxylic acids is 1. The molecule has 2 unspecified atom stereocenters. The maximum Gasteiger partial charge on any atom is 0.248 e. The quantitative estimate of drug-likeness (QED) is 0.484. The lowest BCUT2D eigenvalue weighted by atomic mass is 10.1. The second-order valence-electron chi connectivity index (χ2n) is 7.23. The summed E-state index contributed by atoms with van der Waals surface area (Å²) >= 11 is 0.